The maximum atomic E-state index is 14.2. The number of methoxy groups -OCH3 is 1. The highest BCUT2D eigenvalue weighted by Crippen LogP contribution is 2.42. The number of nitrogens with zero attached hydrogens (tertiary/aromatic N) is 1. The third kappa shape index (κ3) is 3.21. The lowest BCUT2D eigenvalue weighted by atomic mass is 9.97. The smallest absolute Gasteiger partial charge is 0.165 e. The number of benzene rings is 3. The van der Waals surface area contributed by atoms with Gasteiger partial charge in [0.25, 0.3) is 0 Å². The highest BCUT2D eigenvalue weighted by Gasteiger charge is 2.23. The average molecular weight is 391 g/mol. The third-order valence-electron chi connectivity index (χ3n) is 5.57. The first kappa shape index (κ1) is 18.0. The fourth-order valence-electron chi connectivity index (χ4n) is 4.09. The van der Waals surface area contributed by atoms with Crippen LogP contribution in [0.1, 0.15) is 17.2 Å². The molecule has 1 atom stereocenters. The molecular weight excluding hydrogens is 369 g/mol. The van der Waals surface area contributed by atoms with Crippen molar-refractivity contribution in [1.82, 2.24) is 0 Å². The zero-order chi connectivity index (χ0) is 19.8. The number of hydrogen-bond acceptors (Lipinski definition) is 4. The van der Waals surface area contributed by atoms with Gasteiger partial charge in [-0.3, -0.25) is 0 Å². The van der Waals surface area contributed by atoms with Crippen LogP contribution in [0.5, 0.6) is 11.5 Å². The molecule has 1 saturated heterocycles. The molecule has 2 aliphatic heterocycles. The van der Waals surface area contributed by atoms with Crippen LogP contribution in [0.4, 0.5) is 10.1 Å². The van der Waals surface area contributed by atoms with Gasteiger partial charge in [0, 0.05) is 35.8 Å². The van der Waals surface area contributed by atoms with Crippen LogP contribution >= 0.6 is 0 Å². The topological polar surface area (TPSA) is 30.9 Å². The van der Waals surface area contributed by atoms with Gasteiger partial charge in [-0.15, -0.1) is 0 Å². The molecule has 0 amide bonds. The normalized spacial score (nSPS) is 18.4. The van der Waals surface area contributed by atoms with Gasteiger partial charge in [-0.05, 0) is 29.2 Å². The lowest BCUT2D eigenvalue weighted by Crippen LogP contribution is -2.36. The molecule has 1 unspecified atom stereocenters. The van der Waals surface area contributed by atoms with Crippen LogP contribution < -0.4 is 14.4 Å². The van der Waals surface area contributed by atoms with Crippen LogP contribution in [-0.4, -0.2) is 33.4 Å². The van der Waals surface area contributed by atoms with E-state index in [2.05, 4.69) is 35.2 Å². The van der Waals surface area contributed by atoms with E-state index in [1.807, 2.05) is 18.2 Å². The van der Waals surface area contributed by atoms with Crippen molar-refractivity contribution in [3.63, 3.8) is 0 Å². The van der Waals surface area contributed by atoms with E-state index in [9.17, 15) is 4.39 Å². The van der Waals surface area contributed by atoms with Crippen LogP contribution in [0.25, 0.3) is 16.8 Å². The Labute approximate surface area is 169 Å². The van der Waals surface area contributed by atoms with Crippen molar-refractivity contribution in [3.8, 4) is 11.5 Å². The first-order valence-corrected chi connectivity index (χ1v) is 9.81. The molecule has 3 aromatic rings. The van der Waals surface area contributed by atoms with E-state index in [0.29, 0.717) is 0 Å². The summed E-state index contributed by atoms with van der Waals surface area (Å²) in [6.07, 6.45) is 3.71. The Kier molecular flexibility index (Phi) is 4.60. The highest BCUT2D eigenvalue weighted by molar-refractivity contribution is 6.02. The summed E-state index contributed by atoms with van der Waals surface area (Å²) in [5.74, 6) is 0.656. The van der Waals surface area contributed by atoms with Crippen molar-refractivity contribution in [3.05, 3.63) is 71.6 Å². The van der Waals surface area contributed by atoms with Gasteiger partial charge < -0.3 is 19.1 Å². The first-order chi connectivity index (χ1) is 14.2. The van der Waals surface area contributed by atoms with Crippen LogP contribution in [0, 0.1) is 5.82 Å². The first-order valence-electron chi connectivity index (χ1n) is 9.81. The summed E-state index contributed by atoms with van der Waals surface area (Å²) in [7, 11) is 1.46. The quantitative estimate of drug-likeness (QED) is 0.631. The predicted octanol–water partition coefficient (Wildman–Crippen LogP) is 4.97. The van der Waals surface area contributed by atoms with E-state index < -0.39 is 0 Å². The van der Waals surface area contributed by atoms with Crippen LogP contribution in [0.15, 0.2) is 54.6 Å². The molecule has 0 bridgehead atoms. The van der Waals surface area contributed by atoms with E-state index in [1.165, 1.54) is 18.6 Å². The fraction of sp³-hybridized carbons (Fsp3) is 0.250. The highest BCUT2D eigenvalue weighted by atomic mass is 19.1. The summed E-state index contributed by atoms with van der Waals surface area (Å²) >= 11 is 0. The minimum absolute atomic E-state index is 0.231. The molecule has 0 aliphatic carbocycles. The van der Waals surface area contributed by atoms with Gasteiger partial charge in [0.1, 0.15) is 11.9 Å². The van der Waals surface area contributed by atoms with Gasteiger partial charge in [-0.2, -0.15) is 0 Å². The molecule has 148 valence electrons. The second kappa shape index (κ2) is 7.41. The van der Waals surface area contributed by atoms with Gasteiger partial charge in [0.05, 0.1) is 20.3 Å². The van der Waals surface area contributed by atoms with E-state index in [1.54, 1.807) is 6.07 Å². The lowest BCUT2D eigenvalue weighted by molar-refractivity contribution is 0.123. The Bertz CT molecular complexity index is 1090. The van der Waals surface area contributed by atoms with Gasteiger partial charge >= 0.3 is 0 Å². The number of hydrogen-bond donors (Lipinski definition) is 0. The summed E-state index contributed by atoms with van der Waals surface area (Å²) in [6.45, 7) is 3.15. The number of fused-ring (bicyclic) bond motifs is 3. The molecule has 0 N–H and O–H groups in total. The van der Waals surface area contributed by atoms with Gasteiger partial charge in [-0.1, -0.05) is 36.4 Å². The van der Waals surface area contributed by atoms with E-state index in [-0.39, 0.29) is 17.7 Å². The largest absolute Gasteiger partial charge is 0.494 e. The molecule has 5 heteroatoms. The van der Waals surface area contributed by atoms with Crippen molar-refractivity contribution in [2.45, 2.75) is 6.10 Å². The molecule has 29 heavy (non-hydrogen) atoms. The molecule has 1 fully saturated rings. The molecular formula is C24H22FNO3. The predicted molar refractivity (Wildman–Crippen MR) is 112 cm³/mol. The molecule has 0 radical (unpaired) electrons. The van der Waals surface area contributed by atoms with Crippen LogP contribution in [-0.2, 0) is 4.74 Å². The Balaban J connectivity index is 1.57. The standard InChI is InChI=1S/C24H22FNO3/c1-27-23-8-6-16(14-20(23)25)22-9-7-19-17-4-2-3-5-18(17)21(15-24(19)29-22)26-10-12-28-13-11-26/h2-9,14-15,22H,10-13H2,1H3. The van der Waals surface area contributed by atoms with Crippen molar-refractivity contribution in [2.75, 3.05) is 38.3 Å². The molecule has 0 aromatic heterocycles. The second-order valence-corrected chi connectivity index (χ2v) is 7.24. The van der Waals surface area contributed by atoms with Crippen LogP contribution in [0.3, 0.4) is 0 Å². The maximum absolute atomic E-state index is 14.2. The zero-order valence-corrected chi connectivity index (χ0v) is 16.2. The minimum atomic E-state index is -0.389. The molecule has 2 heterocycles. The molecule has 2 aliphatic rings. The van der Waals surface area contributed by atoms with Crippen molar-refractivity contribution < 1.29 is 18.6 Å². The molecule has 0 saturated carbocycles. The molecule has 4 nitrogen and oxygen atoms in total. The SMILES string of the molecule is COc1ccc(C2C=Cc3c(cc(N4CCOCC4)c4ccccc34)O2)cc1F. The Morgan fingerprint density at radius 3 is 2.59 bits per heavy atom. The molecule has 5 rings (SSSR count). The number of halogens is 1. The minimum Gasteiger partial charge on any atom is -0.494 e. The van der Waals surface area contributed by atoms with Gasteiger partial charge in [0.2, 0.25) is 0 Å². The van der Waals surface area contributed by atoms with Crippen molar-refractivity contribution in [2.24, 2.45) is 0 Å². The van der Waals surface area contributed by atoms with E-state index in [0.717, 1.165) is 54.3 Å². The zero-order valence-electron chi connectivity index (χ0n) is 16.2. The number of morpholine rings is 1. The fourth-order valence-corrected chi connectivity index (χ4v) is 4.09. The van der Waals surface area contributed by atoms with Crippen LogP contribution in [0.2, 0.25) is 0 Å². The maximum Gasteiger partial charge on any atom is 0.165 e. The summed E-state index contributed by atoms with van der Waals surface area (Å²) < 4.78 is 31.1. The van der Waals surface area contributed by atoms with E-state index >= 15 is 0 Å². The second-order valence-electron chi connectivity index (χ2n) is 7.24. The number of ether oxygens (including phenoxy) is 3. The molecule has 3 aromatic carbocycles. The number of rotatable bonds is 3. The third-order valence-corrected chi connectivity index (χ3v) is 5.57. The summed E-state index contributed by atoms with van der Waals surface area (Å²) in [5, 5.41) is 2.36. The summed E-state index contributed by atoms with van der Waals surface area (Å²) in [6, 6.07) is 15.4. The molecule has 0 spiro atoms. The summed E-state index contributed by atoms with van der Waals surface area (Å²) in [4.78, 5) is 2.34. The average Bonchev–Trinajstić information content (AvgIpc) is 2.78. The van der Waals surface area contributed by atoms with Crippen molar-refractivity contribution >= 4 is 22.5 Å². The van der Waals surface area contributed by atoms with E-state index in [4.69, 9.17) is 14.2 Å². The Hall–Kier alpha value is -3.05. The Morgan fingerprint density at radius 2 is 1.83 bits per heavy atom. The number of anilines is 1. The van der Waals surface area contributed by atoms with Gasteiger partial charge in [-0.25, -0.2) is 4.39 Å². The lowest BCUT2D eigenvalue weighted by Gasteiger charge is -2.32. The van der Waals surface area contributed by atoms with Gasteiger partial charge in [0.15, 0.2) is 11.6 Å². The summed E-state index contributed by atoms with van der Waals surface area (Å²) in [5.41, 5.74) is 2.96. The van der Waals surface area contributed by atoms with Crippen molar-refractivity contribution in [1.29, 1.82) is 0 Å². The monoisotopic (exact) mass is 391 g/mol. The Morgan fingerprint density at radius 1 is 1.03 bits per heavy atom.